The van der Waals surface area contributed by atoms with E-state index < -0.39 is 12.0 Å². The monoisotopic (exact) mass is 213 g/mol. The average Bonchev–Trinajstić information content (AvgIpc) is 2.25. The molecule has 5 heteroatoms. The van der Waals surface area contributed by atoms with Crippen molar-refractivity contribution in [2.24, 2.45) is 0 Å². The maximum absolute atomic E-state index is 11.6. The quantitative estimate of drug-likeness (QED) is 0.703. The molecule has 1 N–H and O–H groups in total. The molecule has 1 fully saturated rings. The van der Waals surface area contributed by atoms with E-state index in [9.17, 15) is 14.4 Å². The minimum absolute atomic E-state index is 0.183. The van der Waals surface area contributed by atoms with Crippen LogP contribution in [-0.4, -0.2) is 33.8 Å². The molecule has 1 saturated heterocycles. The van der Waals surface area contributed by atoms with Crippen LogP contribution in [0.2, 0.25) is 0 Å². The van der Waals surface area contributed by atoms with Gasteiger partial charge in [0, 0.05) is 18.9 Å². The van der Waals surface area contributed by atoms with Gasteiger partial charge in [0.05, 0.1) is 6.42 Å². The van der Waals surface area contributed by atoms with E-state index in [1.165, 1.54) is 0 Å². The Morgan fingerprint density at radius 3 is 2.20 bits per heavy atom. The standard InChI is InChI=1S/C10H15NO4/c1-7(6-10(14)15)11-8(12)4-2-3-5-9(11)13/h7H,2-6H2,1H3,(H,14,15). The number of imide groups is 1. The Morgan fingerprint density at radius 1 is 1.33 bits per heavy atom. The number of carbonyl (C=O) groups is 3. The molecule has 0 aromatic heterocycles. The number of nitrogens with zero attached hydrogens (tertiary/aromatic N) is 1. The molecule has 0 saturated carbocycles. The van der Waals surface area contributed by atoms with Gasteiger partial charge in [0.2, 0.25) is 11.8 Å². The number of likely N-dealkylation sites (tertiary alicyclic amines) is 1. The van der Waals surface area contributed by atoms with Crippen molar-refractivity contribution in [1.82, 2.24) is 4.90 Å². The van der Waals surface area contributed by atoms with Crippen LogP contribution in [0, 0.1) is 0 Å². The van der Waals surface area contributed by atoms with Gasteiger partial charge in [0.1, 0.15) is 0 Å². The van der Waals surface area contributed by atoms with E-state index in [4.69, 9.17) is 5.11 Å². The molecular weight excluding hydrogens is 198 g/mol. The molecule has 0 aromatic carbocycles. The fraction of sp³-hybridized carbons (Fsp3) is 0.700. The largest absolute Gasteiger partial charge is 0.481 e. The highest BCUT2D eigenvalue weighted by Gasteiger charge is 2.29. The molecule has 0 bridgehead atoms. The maximum Gasteiger partial charge on any atom is 0.305 e. The van der Waals surface area contributed by atoms with Gasteiger partial charge in [-0.25, -0.2) is 0 Å². The van der Waals surface area contributed by atoms with E-state index >= 15 is 0 Å². The minimum Gasteiger partial charge on any atom is -0.481 e. The van der Waals surface area contributed by atoms with Crippen LogP contribution in [0.5, 0.6) is 0 Å². The number of hydrogen-bond acceptors (Lipinski definition) is 3. The van der Waals surface area contributed by atoms with Crippen LogP contribution >= 0.6 is 0 Å². The van der Waals surface area contributed by atoms with Crippen LogP contribution in [0.1, 0.15) is 39.0 Å². The van der Waals surface area contributed by atoms with Crippen molar-refractivity contribution in [3.63, 3.8) is 0 Å². The molecule has 84 valence electrons. The van der Waals surface area contributed by atoms with Gasteiger partial charge in [-0.3, -0.25) is 19.3 Å². The molecular formula is C10H15NO4. The summed E-state index contributed by atoms with van der Waals surface area (Å²) in [6.45, 7) is 1.59. The van der Waals surface area contributed by atoms with Gasteiger partial charge in [-0.2, -0.15) is 0 Å². The zero-order valence-electron chi connectivity index (χ0n) is 8.73. The van der Waals surface area contributed by atoms with Crippen molar-refractivity contribution < 1.29 is 19.5 Å². The Labute approximate surface area is 88.1 Å². The van der Waals surface area contributed by atoms with Gasteiger partial charge in [-0.15, -0.1) is 0 Å². The molecule has 2 amide bonds. The van der Waals surface area contributed by atoms with Crippen LogP contribution < -0.4 is 0 Å². The topological polar surface area (TPSA) is 74.7 Å². The highest BCUT2D eigenvalue weighted by molar-refractivity contribution is 5.96. The molecule has 0 spiro atoms. The van der Waals surface area contributed by atoms with Crippen molar-refractivity contribution in [1.29, 1.82) is 0 Å². The lowest BCUT2D eigenvalue weighted by atomic mass is 10.2. The summed E-state index contributed by atoms with van der Waals surface area (Å²) in [5.74, 6) is -1.48. The molecule has 5 nitrogen and oxygen atoms in total. The van der Waals surface area contributed by atoms with Crippen LogP contribution in [0.25, 0.3) is 0 Å². The van der Waals surface area contributed by atoms with Crippen molar-refractivity contribution >= 4 is 17.8 Å². The normalized spacial score (nSPS) is 19.9. The predicted octanol–water partition coefficient (Wildman–Crippen LogP) is 0.779. The lowest BCUT2D eigenvalue weighted by Crippen LogP contribution is -2.43. The molecule has 0 aromatic rings. The lowest BCUT2D eigenvalue weighted by Gasteiger charge is -2.24. The van der Waals surface area contributed by atoms with Gasteiger partial charge in [0.25, 0.3) is 0 Å². The Hall–Kier alpha value is -1.39. The van der Waals surface area contributed by atoms with Gasteiger partial charge in [-0.05, 0) is 19.8 Å². The number of amides is 2. The third kappa shape index (κ3) is 3.04. The fourth-order valence-electron chi connectivity index (χ4n) is 1.77. The van der Waals surface area contributed by atoms with Gasteiger partial charge in [0.15, 0.2) is 0 Å². The second-order valence-electron chi connectivity index (χ2n) is 3.81. The Kier molecular flexibility index (Phi) is 3.82. The van der Waals surface area contributed by atoms with Gasteiger partial charge < -0.3 is 5.11 Å². The number of carboxylic acids is 1. The summed E-state index contributed by atoms with van der Waals surface area (Å²) in [5, 5.41) is 8.61. The summed E-state index contributed by atoms with van der Waals surface area (Å²) in [7, 11) is 0. The summed E-state index contributed by atoms with van der Waals surface area (Å²) in [6.07, 6.45) is 1.92. The van der Waals surface area contributed by atoms with Crippen molar-refractivity contribution in [2.45, 2.75) is 45.1 Å². The van der Waals surface area contributed by atoms with Crippen LogP contribution in [0.15, 0.2) is 0 Å². The van der Waals surface area contributed by atoms with Crippen molar-refractivity contribution in [2.75, 3.05) is 0 Å². The SMILES string of the molecule is CC(CC(=O)O)N1C(=O)CCCCC1=O. The number of carbonyl (C=O) groups excluding carboxylic acids is 2. The molecule has 1 rings (SSSR count). The van der Waals surface area contributed by atoms with Crippen LogP contribution in [0.3, 0.4) is 0 Å². The van der Waals surface area contributed by atoms with Gasteiger partial charge >= 0.3 is 5.97 Å². The molecule has 0 radical (unpaired) electrons. The fourth-order valence-corrected chi connectivity index (χ4v) is 1.77. The molecule has 1 aliphatic heterocycles. The van der Waals surface area contributed by atoms with Crippen LogP contribution in [-0.2, 0) is 14.4 Å². The smallest absolute Gasteiger partial charge is 0.305 e. The summed E-state index contributed by atoms with van der Waals surface area (Å²) < 4.78 is 0. The predicted molar refractivity (Wildman–Crippen MR) is 52.0 cm³/mol. The number of rotatable bonds is 3. The molecule has 1 unspecified atom stereocenters. The Balaban J connectivity index is 2.73. The highest BCUT2D eigenvalue weighted by atomic mass is 16.4. The highest BCUT2D eigenvalue weighted by Crippen LogP contribution is 2.16. The zero-order valence-corrected chi connectivity index (χ0v) is 8.73. The summed E-state index contributed by atoms with van der Waals surface area (Å²) in [4.78, 5) is 34.7. The molecule has 1 heterocycles. The summed E-state index contributed by atoms with van der Waals surface area (Å²) in [6, 6.07) is -0.541. The van der Waals surface area contributed by atoms with E-state index in [2.05, 4.69) is 0 Å². The molecule has 1 atom stereocenters. The summed E-state index contributed by atoms with van der Waals surface area (Å²) in [5.41, 5.74) is 0. The Morgan fingerprint density at radius 2 is 1.80 bits per heavy atom. The van der Waals surface area contributed by atoms with E-state index in [0.717, 1.165) is 4.90 Å². The molecule has 0 aliphatic carbocycles. The first kappa shape index (κ1) is 11.7. The molecule has 1 aliphatic rings. The lowest BCUT2D eigenvalue weighted by molar-refractivity contribution is -0.148. The average molecular weight is 213 g/mol. The summed E-state index contributed by atoms with van der Waals surface area (Å²) >= 11 is 0. The first-order chi connectivity index (χ1) is 7.02. The first-order valence-corrected chi connectivity index (χ1v) is 5.09. The van der Waals surface area contributed by atoms with E-state index in [1.54, 1.807) is 6.92 Å². The second kappa shape index (κ2) is 4.91. The van der Waals surface area contributed by atoms with E-state index in [0.29, 0.717) is 25.7 Å². The van der Waals surface area contributed by atoms with Gasteiger partial charge in [-0.1, -0.05) is 0 Å². The Bertz CT molecular complexity index is 269. The number of carboxylic acid groups (broad SMARTS) is 1. The van der Waals surface area contributed by atoms with Crippen molar-refractivity contribution in [3.05, 3.63) is 0 Å². The zero-order chi connectivity index (χ0) is 11.4. The maximum atomic E-state index is 11.6. The van der Waals surface area contributed by atoms with Crippen molar-refractivity contribution in [3.8, 4) is 0 Å². The van der Waals surface area contributed by atoms with E-state index in [1.807, 2.05) is 0 Å². The third-order valence-corrected chi connectivity index (χ3v) is 2.48. The number of hydrogen-bond donors (Lipinski definition) is 1. The number of aliphatic carboxylic acids is 1. The second-order valence-corrected chi connectivity index (χ2v) is 3.81. The van der Waals surface area contributed by atoms with Crippen LogP contribution in [0.4, 0.5) is 0 Å². The van der Waals surface area contributed by atoms with E-state index in [-0.39, 0.29) is 18.2 Å². The molecule has 15 heavy (non-hydrogen) atoms. The first-order valence-electron chi connectivity index (χ1n) is 5.09. The minimum atomic E-state index is -0.993. The third-order valence-electron chi connectivity index (χ3n) is 2.48.